The van der Waals surface area contributed by atoms with Gasteiger partial charge in [-0.25, -0.2) is 4.39 Å². The molecule has 0 amide bonds. The largest absolute Gasteiger partial charge is 0.493 e. The number of rotatable bonds is 5. The van der Waals surface area contributed by atoms with E-state index in [-0.39, 0.29) is 5.69 Å². The Bertz CT molecular complexity index is 565. The van der Waals surface area contributed by atoms with Gasteiger partial charge in [0.25, 0.3) is 0 Å². The first-order valence-electron chi connectivity index (χ1n) is 5.29. The van der Waals surface area contributed by atoms with E-state index in [1.54, 1.807) is 11.3 Å². The van der Waals surface area contributed by atoms with Crippen molar-refractivity contribution in [3.05, 3.63) is 56.8 Å². The predicted molar refractivity (Wildman–Crippen MR) is 68.7 cm³/mol. The number of azide groups is 1. The van der Waals surface area contributed by atoms with Crippen LogP contribution in [0.15, 0.2) is 40.8 Å². The van der Waals surface area contributed by atoms with Crippen LogP contribution in [0.2, 0.25) is 0 Å². The lowest BCUT2D eigenvalue weighted by molar-refractivity contribution is 0.323. The highest BCUT2D eigenvalue weighted by atomic mass is 32.1. The van der Waals surface area contributed by atoms with Crippen LogP contribution < -0.4 is 4.74 Å². The summed E-state index contributed by atoms with van der Waals surface area (Å²) in [5, 5.41) is 5.40. The third-order valence-corrected chi connectivity index (χ3v) is 3.20. The van der Waals surface area contributed by atoms with Crippen molar-refractivity contribution >= 4 is 17.0 Å². The van der Waals surface area contributed by atoms with E-state index in [1.165, 1.54) is 17.0 Å². The normalized spacial score (nSPS) is 9.83. The fourth-order valence-corrected chi connectivity index (χ4v) is 2.15. The minimum absolute atomic E-state index is 0.170. The van der Waals surface area contributed by atoms with Gasteiger partial charge in [-0.05, 0) is 35.2 Å². The van der Waals surface area contributed by atoms with Crippen LogP contribution in [0.3, 0.4) is 0 Å². The summed E-state index contributed by atoms with van der Waals surface area (Å²) >= 11 is 1.65. The fourth-order valence-electron chi connectivity index (χ4n) is 1.46. The molecule has 1 aromatic carbocycles. The monoisotopic (exact) mass is 263 g/mol. The van der Waals surface area contributed by atoms with Gasteiger partial charge in [0.1, 0.15) is 11.6 Å². The second-order valence-corrected chi connectivity index (χ2v) is 4.51. The van der Waals surface area contributed by atoms with Crippen molar-refractivity contribution in [2.45, 2.75) is 6.42 Å². The van der Waals surface area contributed by atoms with Gasteiger partial charge in [-0.1, -0.05) is 11.2 Å². The Morgan fingerprint density at radius 2 is 2.28 bits per heavy atom. The lowest BCUT2D eigenvalue weighted by Gasteiger charge is -2.07. The number of hydrogen-bond donors (Lipinski definition) is 0. The van der Waals surface area contributed by atoms with Crippen LogP contribution in [0, 0.1) is 5.82 Å². The average molecular weight is 263 g/mol. The van der Waals surface area contributed by atoms with Crippen molar-refractivity contribution in [1.82, 2.24) is 0 Å². The maximum Gasteiger partial charge on any atom is 0.129 e. The van der Waals surface area contributed by atoms with Crippen molar-refractivity contribution in [3.63, 3.8) is 0 Å². The van der Waals surface area contributed by atoms with Crippen LogP contribution in [0.1, 0.15) is 4.88 Å². The summed E-state index contributed by atoms with van der Waals surface area (Å²) in [6.07, 6.45) is 0.769. The summed E-state index contributed by atoms with van der Waals surface area (Å²) < 4.78 is 18.5. The molecule has 0 aliphatic rings. The highest BCUT2D eigenvalue weighted by Gasteiger charge is 2.04. The molecular weight excluding hydrogens is 253 g/mol. The first-order chi connectivity index (χ1) is 8.79. The maximum atomic E-state index is 13.0. The van der Waals surface area contributed by atoms with Crippen molar-refractivity contribution in [1.29, 1.82) is 0 Å². The van der Waals surface area contributed by atoms with Gasteiger partial charge in [0, 0.05) is 16.2 Å². The summed E-state index contributed by atoms with van der Waals surface area (Å²) in [6, 6.07) is 7.89. The average Bonchev–Trinajstić information content (AvgIpc) is 2.85. The molecule has 2 rings (SSSR count). The Balaban J connectivity index is 2.02. The maximum absolute atomic E-state index is 13.0. The molecule has 1 heterocycles. The molecular formula is C12H10FN3OS. The highest BCUT2D eigenvalue weighted by Crippen LogP contribution is 2.28. The molecule has 0 saturated heterocycles. The first kappa shape index (κ1) is 12.4. The molecule has 0 unspecified atom stereocenters. The van der Waals surface area contributed by atoms with Crippen LogP contribution in [0.5, 0.6) is 5.75 Å². The molecule has 6 heteroatoms. The molecule has 92 valence electrons. The number of hydrogen-bond acceptors (Lipinski definition) is 3. The van der Waals surface area contributed by atoms with E-state index >= 15 is 0 Å². The van der Waals surface area contributed by atoms with Crippen molar-refractivity contribution < 1.29 is 9.13 Å². The summed E-state index contributed by atoms with van der Waals surface area (Å²) in [5.74, 6) is -0.0613. The number of thiophene rings is 1. The van der Waals surface area contributed by atoms with Crippen molar-refractivity contribution in [2.75, 3.05) is 6.61 Å². The Hall–Kier alpha value is -2.04. The zero-order valence-corrected chi connectivity index (χ0v) is 10.2. The third kappa shape index (κ3) is 3.23. The minimum atomic E-state index is -0.456. The lowest BCUT2D eigenvalue weighted by Crippen LogP contribution is -2.00. The number of benzene rings is 1. The fraction of sp³-hybridized carbons (Fsp3) is 0.167. The molecule has 4 nitrogen and oxygen atoms in total. The number of nitrogens with zero attached hydrogens (tertiary/aromatic N) is 3. The van der Waals surface area contributed by atoms with Gasteiger partial charge in [0.05, 0.1) is 12.3 Å². The van der Waals surface area contributed by atoms with E-state index in [4.69, 9.17) is 10.3 Å². The second-order valence-electron chi connectivity index (χ2n) is 3.48. The quantitative estimate of drug-likeness (QED) is 0.446. The molecule has 0 saturated carbocycles. The number of ether oxygens (including phenoxy) is 1. The van der Waals surface area contributed by atoms with Crippen LogP contribution in [0.4, 0.5) is 10.1 Å². The SMILES string of the molecule is [N-]=[N+]=Nc1cc(F)ccc1OCCc1cccs1. The Labute approximate surface area is 107 Å². The molecule has 0 aliphatic carbocycles. The summed E-state index contributed by atoms with van der Waals surface area (Å²) in [7, 11) is 0. The van der Waals surface area contributed by atoms with Gasteiger partial charge in [0.15, 0.2) is 0 Å². The van der Waals surface area contributed by atoms with Crippen LogP contribution in [0.25, 0.3) is 10.4 Å². The van der Waals surface area contributed by atoms with Crippen LogP contribution in [-0.2, 0) is 6.42 Å². The van der Waals surface area contributed by atoms with Gasteiger partial charge in [-0.3, -0.25) is 0 Å². The molecule has 0 radical (unpaired) electrons. The summed E-state index contributed by atoms with van der Waals surface area (Å²) in [5.41, 5.74) is 8.56. The van der Waals surface area contributed by atoms with E-state index in [0.717, 1.165) is 12.5 Å². The molecule has 0 spiro atoms. The molecule has 2 aromatic rings. The summed E-state index contributed by atoms with van der Waals surface area (Å²) in [4.78, 5) is 3.86. The van der Waals surface area contributed by atoms with E-state index in [0.29, 0.717) is 12.4 Å². The molecule has 0 atom stereocenters. The highest BCUT2D eigenvalue weighted by molar-refractivity contribution is 7.09. The van der Waals surface area contributed by atoms with E-state index in [2.05, 4.69) is 10.0 Å². The van der Waals surface area contributed by atoms with Crippen molar-refractivity contribution in [3.8, 4) is 5.75 Å². The van der Waals surface area contributed by atoms with Gasteiger partial charge in [0.2, 0.25) is 0 Å². The van der Waals surface area contributed by atoms with Gasteiger partial charge < -0.3 is 4.74 Å². The Morgan fingerprint density at radius 3 is 3.00 bits per heavy atom. The molecule has 0 N–H and O–H groups in total. The van der Waals surface area contributed by atoms with E-state index < -0.39 is 5.82 Å². The lowest BCUT2D eigenvalue weighted by atomic mass is 10.3. The standard InChI is InChI=1S/C12H10FN3OS/c13-9-3-4-12(11(8-9)15-16-14)17-6-5-10-2-1-7-18-10/h1-4,7-8H,5-6H2. The molecule has 18 heavy (non-hydrogen) atoms. The molecule has 1 aromatic heterocycles. The number of halogens is 1. The third-order valence-electron chi connectivity index (χ3n) is 2.26. The molecule has 0 aliphatic heterocycles. The van der Waals surface area contributed by atoms with Gasteiger partial charge >= 0.3 is 0 Å². The van der Waals surface area contributed by atoms with Crippen LogP contribution >= 0.6 is 11.3 Å². The van der Waals surface area contributed by atoms with E-state index in [9.17, 15) is 4.39 Å². The predicted octanol–water partition coefficient (Wildman–Crippen LogP) is 4.45. The summed E-state index contributed by atoms with van der Waals surface area (Å²) in [6.45, 7) is 0.458. The second kappa shape index (κ2) is 6.05. The van der Waals surface area contributed by atoms with Crippen molar-refractivity contribution in [2.24, 2.45) is 5.11 Å². The van der Waals surface area contributed by atoms with Crippen LogP contribution in [-0.4, -0.2) is 6.61 Å². The smallest absolute Gasteiger partial charge is 0.129 e. The Morgan fingerprint density at radius 1 is 1.39 bits per heavy atom. The first-order valence-corrected chi connectivity index (χ1v) is 6.17. The molecule has 0 fully saturated rings. The topological polar surface area (TPSA) is 58.0 Å². The molecule has 0 bridgehead atoms. The van der Waals surface area contributed by atoms with E-state index in [1.807, 2.05) is 17.5 Å². The zero-order valence-electron chi connectivity index (χ0n) is 9.41. The zero-order chi connectivity index (χ0) is 12.8. The van der Waals surface area contributed by atoms with Gasteiger partial charge in [-0.15, -0.1) is 11.3 Å². The van der Waals surface area contributed by atoms with Gasteiger partial charge in [-0.2, -0.15) is 0 Å². The minimum Gasteiger partial charge on any atom is -0.493 e. The Kier molecular flexibility index (Phi) is 4.17.